The van der Waals surface area contributed by atoms with E-state index in [0.717, 1.165) is 38.2 Å². The van der Waals surface area contributed by atoms with Gasteiger partial charge >= 0.3 is 0 Å². The fourth-order valence-corrected chi connectivity index (χ4v) is 6.20. The first-order valence-electron chi connectivity index (χ1n) is 12.8. The molecule has 0 saturated heterocycles. The highest BCUT2D eigenvalue weighted by Crippen LogP contribution is 2.36. The van der Waals surface area contributed by atoms with Crippen molar-refractivity contribution in [2.75, 3.05) is 13.1 Å². The van der Waals surface area contributed by atoms with E-state index in [0.29, 0.717) is 18.7 Å². The minimum Gasteiger partial charge on any atom is -0.508 e. The van der Waals surface area contributed by atoms with Gasteiger partial charge in [0.25, 0.3) is 0 Å². The molecule has 0 fully saturated rings. The molecule has 1 aromatic heterocycles. The van der Waals surface area contributed by atoms with Gasteiger partial charge in [0.2, 0.25) is 10.0 Å². The Morgan fingerprint density at radius 3 is 2.58 bits per heavy atom. The van der Waals surface area contributed by atoms with Crippen LogP contribution in [0.25, 0.3) is 0 Å². The molecule has 0 saturated carbocycles. The molecule has 0 amide bonds. The zero-order valence-electron chi connectivity index (χ0n) is 22.0. The standard InChI is InChI=1S/C28H35FN4O3S.3ClH/c29-26-8-1-2-9-28(26)37(35,36)33-15-4-3-7-22(30)19-32-27-13-10-21-17-23(34)11-12-24(21)25(27)16-20-6-5-14-31-18-20;;;/h1-2,5-6,8-9,11-12,14,17-18,22,25,27,32-34H,3-4,7,10,13,15-16,19,30H2;3*1H/t22?,25-,27+;;;/m0.../s1. The summed E-state index contributed by atoms with van der Waals surface area (Å²) >= 11 is 0. The number of nitrogens with one attached hydrogen (secondary N) is 2. The molecule has 1 aliphatic rings. The quantitative estimate of drug-likeness (QED) is 0.211. The summed E-state index contributed by atoms with van der Waals surface area (Å²) in [4.78, 5) is 3.93. The molecule has 1 heterocycles. The van der Waals surface area contributed by atoms with Gasteiger partial charge in [-0.1, -0.05) is 30.7 Å². The number of rotatable bonds is 12. The molecule has 0 bridgehead atoms. The molecule has 222 valence electrons. The molecule has 1 unspecified atom stereocenters. The summed E-state index contributed by atoms with van der Waals surface area (Å²) < 4.78 is 40.8. The van der Waals surface area contributed by atoms with Crippen LogP contribution in [0.5, 0.6) is 5.75 Å². The molecule has 2 aromatic carbocycles. The van der Waals surface area contributed by atoms with Crippen LogP contribution in [-0.4, -0.2) is 43.7 Å². The van der Waals surface area contributed by atoms with Crippen molar-refractivity contribution in [3.05, 3.63) is 89.5 Å². The van der Waals surface area contributed by atoms with Crippen LogP contribution in [0.1, 0.15) is 48.3 Å². The van der Waals surface area contributed by atoms with Crippen molar-refractivity contribution in [3.8, 4) is 5.75 Å². The van der Waals surface area contributed by atoms with E-state index in [1.165, 1.54) is 34.9 Å². The van der Waals surface area contributed by atoms with Crippen LogP contribution in [0.3, 0.4) is 0 Å². The Balaban J connectivity index is 0.00000267. The predicted octanol–water partition coefficient (Wildman–Crippen LogP) is 4.90. The summed E-state index contributed by atoms with van der Waals surface area (Å²) in [6, 6.07) is 15.2. The van der Waals surface area contributed by atoms with Gasteiger partial charge in [0, 0.05) is 43.5 Å². The Morgan fingerprint density at radius 1 is 1.07 bits per heavy atom. The van der Waals surface area contributed by atoms with Gasteiger partial charge in [-0.25, -0.2) is 17.5 Å². The summed E-state index contributed by atoms with van der Waals surface area (Å²) in [6.07, 6.45) is 8.49. The predicted molar refractivity (Wildman–Crippen MR) is 164 cm³/mol. The van der Waals surface area contributed by atoms with E-state index in [1.54, 1.807) is 12.3 Å². The average molecular weight is 636 g/mol. The Kier molecular flexibility index (Phi) is 15.4. The lowest BCUT2D eigenvalue weighted by atomic mass is 9.76. The number of halogens is 4. The molecular formula is C28H38Cl3FN4O3S. The zero-order valence-corrected chi connectivity index (χ0v) is 25.3. The Morgan fingerprint density at radius 2 is 1.85 bits per heavy atom. The zero-order chi connectivity index (χ0) is 26.3. The van der Waals surface area contributed by atoms with Crippen LogP contribution >= 0.6 is 37.2 Å². The van der Waals surface area contributed by atoms with Gasteiger partial charge in [0.15, 0.2) is 0 Å². The number of phenolic OH excluding ortho intramolecular Hbond substituents is 1. The molecule has 3 aromatic rings. The van der Waals surface area contributed by atoms with Gasteiger partial charge in [-0.2, -0.15) is 0 Å². The fourth-order valence-electron chi connectivity index (χ4n) is 5.05. The van der Waals surface area contributed by atoms with Crippen LogP contribution < -0.4 is 15.8 Å². The largest absolute Gasteiger partial charge is 0.508 e. The third-order valence-electron chi connectivity index (χ3n) is 6.98. The molecule has 5 N–H and O–H groups in total. The number of aromatic hydroxyl groups is 1. The number of fused-ring (bicyclic) bond motifs is 1. The molecule has 3 atom stereocenters. The van der Waals surface area contributed by atoms with Crippen molar-refractivity contribution in [1.29, 1.82) is 0 Å². The number of hydrogen-bond donors (Lipinski definition) is 4. The van der Waals surface area contributed by atoms with Gasteiger partial charge in [0.05, 0.1) is 0 Å². The molecule has 7 nitrogen and oxygen atoms in total. The van der Waals surface area contributed by atoms with Crippen molar-refractivity contribution >= 4 is 47.2 Å². The maximum Gasteiger partial charge on any atom is 0.243 e. The number of unbranched alkanes of at least 4 members (excludes halogenated alkanes) is 1. The molecule has 12 heteroatoms. The van der Waals surface area contributed by atoms with Crippen LogP contribution in [0.2, 0.25) is 0 Å². The van der Waals surface area contributed by atoms with Gasteiger partial charge < -0.3 is 16.2 Å². The van der Waals surface area contributed by atoms with E-state index in [4.69, 9.17) is 5.73 Å². The van der Waals surface area contributed by atoms with Crippen molar-refractivity contribution in [1.82, 2.24) is 15.0 Å². The minimum absolute atomic E-state index is 0. The van der Waals surface area contributed by atoms with E-state index in [-0.39, 0.29) is 66.7 Å². The van der Waals surface area contributed by atoms with E-state index < -0.39 is 15.8 Å². The normalized spacial score (nSPS) is 16.9. The van der Waals surface area contributed by atoms with Crippen molar-refractivity contribution in [2.45, 2.75) is 61.4 Å². The highest BCUT2D eigenvalue weighted by molar-refractivity contribution is 7.89. The molecule has 0 spiro atoms. The van der Waals surface area contributed by atoms with Crippen molar-refractivity contribution in [2.24, 2.45) is 5.73 Å². The number of nitrogens with two attached hydrogens (primary N) is 1. The maximum atomic E-state index is 13.8. The first-order chi connectivity index (χ1) is 17.8. The summed E-state index contributed by atoms with van der Waals surface area (Å²) in [7, 11) is -3.86. The highest BCUT2D eigenvalue weighted by atomic mass is 35.5. The summed E-state index contributed by atoms with van der Waals surface area (Å²) in [5.41, 5.74) is 10.00. The number of aromatic nitrogens is 1. The second-order valence-electron chi connectivity index (χ2n) is 9.69. The molecule has 0 aliphatic heterocycles. The highest BCUT2D eigenvalue weighted by Gasteiger charge is 2.30. The minimum atomic E-state index is -3.86. The Hall–Kier alpha value is -1.98. The maximum absolute atomic E-state index is 13.8. The number of hydrogen-bond acceptors (Lipinski definition) is 6. The number of pyridine rings is 1. The van der Waals surface area contributed by atoms with Crippen LogP contribution in [0.4, 0.5) is 4.39 Å². The van der Waals surface area contributed by atoms with Gasteiger partial charge in [0.1, 0.15) is 16.5 Å². The first-order valence-corrected chi connectivity index (χ1v) is 14.3. The van der Waals surface area contributed by atoms with E-state index >= 15 is 0 Å². The average Bonchev–Trinajstić information content (AvgIpc) is 2.88. The molecule has 4 rings (SSSR count). The van der Waals surface area contributed by atoms with Crippen molar-refractivity contribution in [3.63, 3.8) is 0 Å². The van der Waals surface area contributed by atoms with Gasteiger partial charge in [-0.15, -0.1) is 37.2 Å². The van der Waals surface area contributed by atoms with Crippen molar-refractivity contribution < 1.29 is 17.9 Å². The summed E-state index contributed by atoms with van der Waals surface area (Å²) in [5, 5.41) is 13.6. The summed E-state index contributed by atoms with van der Waals surface area (Å²) in [6.45, 7) is 0.888. The lowest BCUT2D eigenvalue weighted by Crippen LogP contribution is -2.44. The third kappa shape index (κ3) is 9.83. The Labute approximate surface area is 254 Å². The van der Waals surface area contributed by atoms with E-state index in [1.807, 2.05) is 24.4 Å². The van der Waals surface area contributed by atoms with Gasteiger partial charge in [-0.3, -0.25) is 4.98 Å². The smallest absolute Gasteiger partial charge is 0.243 e. The fraction of sp³-hybridized carbons (Fsp3) is 0.393. The number of aryl methyl sites for hydroxylation is 1. The van der Waals surface area contributed by atoms with E-state index in [2.05, 4.69) is 21.1 Å². The second kappa shape index (κ2) is 17.1. The first kappa shape index (κ1) is 36.0. The van der Waals surface area contributed by atoms with Crippen LogP contribution in [0, 0.1) is 5.82 Å². The monoisotopic (exact) mass is 634 g/mol. The Bertz CT molecular complexity index is 1290. The number of nitrogens with zero attached hydrogens (tertiary/aromatic N) is 1. The molecule has 1 aliphatic carbocycles. The lowest BCUT2D eigenvalue weighted by molar-refractivity contribution is 0.366. The lowest BCUT2D eigenvalue weighted by Gasteiger charge is -2.35. The van der Waals surface area contributed by atoms with Crippen LogP contribution in [-0.2, 0) is 22.9 Å². The molecular weight excluding hydrogens is 598 g/mol. The van der Waals surface area contributed by atoms with Gasteiger partial charge in [-0.05, 0) is 79.1 Å². The number of phenols is 1. The summed E-state index contributed by atoms with van der Waals surface area (Å²) in [5.74, 6) is -0.218. The van der Waals surface area contributed by atoms with E-state index in [9.17, 15) is 17.9 Å². The second-order valence-corrected chi connectivity index (χ2v) is 11.4. The third-order valence-corrected chi connectivity index (χ3v) is 8.47. The number of benzene rings is 2. The topological polar surface area (TPSA) is 117 Å². The SMILES string of the molecule is Cl.Cl.Cl.NC(CCCCNS(=O)(=O)c1ccccc1F)CN[C@@H]1CCc2cc(O)ccc2[C@@H]1Cc1cccnc1. The number of sulfonamides is 1. The van der Waals surface area contributed by atoms with Crippen LogP contribution in [0.15, 0.2) is 71.9 Å². The molecule has 40 heavy (non-hydrogen) atoms. The molecule has 0 radical (unpaired) electrons.